The van der Waals surface area contributed by atoms with Gasteiger partial charge in [0.15, 0.2) is 5.43 Å². The normalized spacial score (nSPS) is 22.4. The Labute approximate surface area is 141 Å². The standard InChI is InChI=1S/C17H13N5O3/c23-12-6-3-5-11-14(12)15(22-17(18-11)19-20-21-22)10-8-25-13-7-2-1-4-9(13)16(10)24/h1-2,4,7-8,14-15H,3,5-6H2. The fourth-order valence-corrected chi connectivity index (χ4v) is 3.74. The minimum Gasteiger partial charge on any atom is -0.464 e. The van der Waals surface area contributed by atoms with E-state index >= 15 is 0 Å². The highest BCUT2D eigenvalue weighted by atomic mass is 16.3. The first-order chi connectivity index (χ1) is 12.2. The molecule has 0 saturated heterocycles. The Morgan fingerprint density at radius 2 is 2.04 bits per heavy atom. The van der Waals surface area contributed by atoms with Crippen LogP contribution in [0.15, 0.2) is 44.7 Å². The van der Waals surface area contributed by atoms with Gasteiger partial charge in [0, 0.05) is 12.1 Å². The van der Waals surface area contributed by atoms with Crippen molar-refractivity contribution in [2.24, 2.45) is 10.9 Å². The van der Waals surface area contributed by atoms with Crippen molar-refractivity contribution in [2.45, 2.75) is 25.3 Å². The van der Waals surface area contributed by atoms with Gasteiger partial charge in [0.2, 0.25) is 0 Å². The van der Waals surface area contributed by atoms with Crippen molar-refractivity contribution in [3.63, 3.8) is 0 Å². The Bertz CT molecular complexity index is 1100. The molecule has 1 fully saturated rings. The number of carbonyl (C=O) groups is 1. The van der Waals surface area contributed by atoms with E-state index in [1.54, 1.807) is 24.3 Å². The van der Waals surface area contributed by atoms with Crippen LogP contribution in [0.3, 0.4) is 0 Å². The van der Waals surface area contributed by atoms with Crippen LogP contribution >= 0.6 is 0 Å². The molecule has 124 valence electrons. The Balaban J connectivity index is 1.77. The number of aliphatic imine (C=N–C) groups is 1. The third-order valence-electron chi connectivity index (χ3n) is 4.89. The smallest absolute Gasteiger partial charge is 0.269 e. The summed E-state index contributed by atoms with van der Waals surface area (Å²) in [7, 11) is 0. The van der Waals surface area contributed by atoms with Gasteiger partial charge in [-0.25, -0.2) is 9.67 Å². The largest absolute Gasteiger partial charge is 0.464 e. The predicted molar refractivity (Wildman–Crippen MR) is 87.9 cm³/mol. The number of carbonyl (C=O) groups excluding carboxylic acids is 1. The summed E-state index contributed by atoms with van der Waals surface area (Å²) >= 11 is 0. The summed E-state index contributed by atoms with van der Waals surface area (Å²) < 4.78 is 7.11. The molecular weight excluding hydrogens is 322 g/mol. The van der Waals surface area contributed by atoms with Crippen LogP contribution in [-0.2, 0) is 4.79 Å². The van der Waals surface area contributed by atoms with Crippen LogP contribution in [0.5, 0.6) is 0 Å². The van der Waals surface area contributed by atoms with Crippen LogP contribution in [0.25, 0.3) is 11.0 Å². The Morgan fingerprint density at radius 3 is 2.96 bits per heavy atom. The topological polar surface area (TPSA) is 103 Å². The number of rotatable bonds is 1. The maximum Gasteiger partial charge on any atom is 0.269 e. The van der Waals surface area contributed by atoms with Crippen LogP contribution in [0.2, 0.25) is 0 Å². The van der Waals surface area contributed by atoms with Crippen molar-refractivity contribution >= 4 is 28.4 Å². The molecule has 1 aliphatic heterocycles. The number of ketones is 1. The van der Waals surface area contributed by atoms with Gasteiger partial charge >= 0.3 is 0 Å². The highest BCUT2D eigenvalue weighted by molar-refractivity contribution is 6.09. The van der Waals surface area contributed by atoms with E-state index < -0.39 is 12.0 Å². The molecule has 2 unspecified atom stereocenters. The number of hydrogen-bond acceptors (Lipinski definition) is 7. The molecule has 0 radical (unpaired) electrons. The second-order valence-electron chi connectivity index (χ2n) is 6.29. The first-order valence-corrected chi connectivity index (χ1v) is 8.12. The molecule has 0 N–H and O–H groups in total. The van der Waals surface area contributed by atoms with Gasteiger partial charge in [-0.05, 0) is 35.4 Å². The van der Waals surface area contributed by atoms with E-state index in [-0.39, 0.29) is 11.2 Å². The lowest BCUT2D eigenvalue weighted by Crippen LogP contribution is -2.41. The summed E-state index contributed by atoms with van der Waals surface area (Å²) in [4.78, 5) is 30.1. The lowest BCUT2D eigenvalue weighted by atomic mass is 9.78. The molecular formula is C17H13N5O3. The van der Waals surface area contributed by atoms with Gasteiger partial charge in [0.25, 0.3) is 5.95 Å². The SMILES string of the molecule is O=C1CCCC2=Nc3nnnn3C(c3coc4ccccc4c3=O)C12. The summed E-state index contributed by atoms with van der Waals surface area (Å²) in [6.45, 7) is 0. The highest BCUT2D eigenvalue weighted by Gasteiger charge is 2.43. The zero-order valence-corrected chi connectivity index (χ0v) is 13.1. The van der Waals surface area contributed by atoms with Gasteiger partial charge < -0.3 is 4.42 Å². The predicted octanol–water partition coefficient (Wildman–Crippen LogP) is 1.82. The number of tetrazole rings is 1. The first kappa shape index (κ1) is 14.2. The number of Topliss-reactive ketones (excluding diaryl/α,β-unsaturated/α-hetero) is 1. The first-order valence-electron chi connectivity index (χ1n) is 8.12. The van der Waals surface area contributed by atoms with E-state index in [2.05, 4.69) is 20.5 Å². The average Bonchev–Trinajstić information content (AvgIpc) is 3.09. The zero-order valence-electron chi connectivity index (χ0n) is 13.1. The van der Waals surface area contributed by atoms with E-state index in [4.69, 9.17) is 4.42 Å². The molecule has 8 heteroatoms. The number of nitrogens with zero attached hydrogens (tertiary/aromatic N) is 5. The molecule has 1 saturated carbocycles. The van der Waals surface area contributed by atoms with Crippen molar-refractivity contribution in [1.29, 1.82) is 0 Å². The molecule has 0 amide bonds. The highest BCUT2D eigenvalue weighted by Crippen LogP contribution is 2.38. The zero-order chi connectivity index (χ0) is 17.0. The molecule has 1 aromatic carbocycles. The number of benzene rings is 1. The second-order valence-corrected chi connectivity index (χ2v) is 6.29. The van der Waals surface area contributed by atoms with E-state index in [9.17, 15) is 9.59 Å². The van der Waals surface area contributed by atoms with Crippen molar-refractivity contribution in [1.82, 2.24) is 20.2 Å². The third kappa shape index (κ3) is 2.00. The van der Waals surface area contributed by atoms with E-state index in [1.165, 1.54) is 10.9 Å². The van der Waals surface area contributed by atoms with Crippen LogP contribution in [0.4, 0.5) is 5.95 Å². The van der Waals surface area contributed by atoms with Crippen LogP contribution in [0.1, 0.15) is 30.9 Å². The van der Waals surface area contributed by atoms with Gasteiger partial charge in [0.05, 0.1) is 16.9 Å². The van der Waals surface area contributed by atoms with E-state index in [0.29, 0.717) is 35.3 Å². The van der Waals surface area contributed by atoms with Crippen molar-refractivity contribution in [2.75, 3.05) is 0 Å². The summed E-state index contributed by atoms with van der Waals surface area (Å²) in [5.74, 6) is -0.143. The van der Waals surface area contributed by atoms with Crippen LogP contribution in [-0.4, -0.2) is 31.7 Å². The van der Waals surface area contributed by atoms with Gasteiger partial charge in [-0.1, -0.05) is 17.2 Å². The molecule has 3 aromatic rings. The van der Waals surface area contributed by atoms with E-state index in [1.807, 2.05) is 0 Å². The number of para-hydroxylation sites is 1. The maximum absolute atomic E-state index is 13.0. The average molecular weight is 335 g/mol. The monoisotopic (exact) mass is 335 g/mol. The summed E-state index contributed by atoms with van der Waals surface area (Å²) in [6.07, 6.45) is 3.36. The molecule has 5 rings (SSSR count). The van der Waals surface area contributed by atoms with Crippen molar-refractivity contribution < 1.29 is 9.21 Å². The van der Waals surface area contributed by atoms with Crippen molar-refractivity contribution in [3.8, 4) is 0 Å². The summed E-state index contributed by atoms with van der Waals surface area (Å²) in [5.41, 5.74) is 1.46. The van der Waals surface area contributed by atoms with Gasteiger partial charge in [-0.15, -0.1) is 0 Å². The molecule has 2 aromatic heterocycles. The van der Waals surface area contributed by atoms with Gasteiger partial charge in [-0.3, -0.25) is 9.59 Å². The van der Waals surface area contributed by atoms with Crippen LogP contribution < -0.4 is 5.43 Å². The molecule has 3 heterocycles. The second kappa shape index (κ2) is 5.17. The maximum atomic E-state index is 13.0. The lowest BCUT2D eigenvalue weighted by molar-refractivity contribution is -0.122. The Hall–Kier alpha value is -3.16. The summed E-state index contributed by atoms with van der Waals surface area (Å²) in [5, 5.41) is 12.0. The minimum atomic E-state index is -0.619. The molecule has 0 bridgehead atoms. The fraction of sp³-hybridized carbons (Fsp3) is 0.294. The fourth-order valence-electron chi connectivity index (χ4n) is 3.74. The molecule has 2 aliphatic rings. The molecule has 0 spiro atoms. The number of hydrogen-bond donors (Lipinski definition) is 0. The number of aromatic nitrogens is 4. The molecule has 25 heavy (non-hydrogen) atoms. The number of fused-ring (bicyclic) bond motifs is 3. The van der Waals surface area contributed by atoms with Gasteiger partial charge in [0.1, 0.15) is 23.7 Å². The molecule has 8 nitrogen and oxygen atoms in total. The minimum absolute atomic E-state index is 0.0590. The Morgan fingerprint density at radius 1 is 1.16 bits per heavy atom. The Kier molecular flexibility index (Phi) is 2.94. The molecule has 1 aliphatic carbocycles. The molecule has 2 atom stereocenters. The summed E-state index contributed by atoms with van der Waals surface area (Å²) in [6, 6.07) is 6.42. The van der Waals surface area contributed by atoms with E-state index in [0.717, 1.165) is 12.1 Å². The van der Waals surface area contributed by atoms with Crippen LogP contribution in [0, 0.1) is 5.92 Å². The van der Waals surface area contributed by atoms with Gasteiger partial charge in [-0.2, -0.15) is 0 Å². The lowest BCUT2D eigenvalue weighted by Gasteiger charge is -2.32. The quantitative estimate of drug-likeness (QED) is 0.672. The third-order valence-corrected chi connectivity index (χ3v) is 4.89. The van der Waals surface area contributed by atoms with Crippen molar-refractivity contribution in [3.05, 3.63) is 46.3 Å².